The quantitative estimate of drug-likeness (QED) is 0.431. The van der Waals surface area contributed by atoms with Crippen LogP contribution in [0.5, 0.6) is 0 Å². The van der Waals surface area contributed by atoms with Crippen molar-refractivity contribution >= 4 is 11.6 Å². The molecule has 0 saturated heterocycles. The van der Waals surface area contributed by atoms with Gasteiger partial charge in [0.25, 0.3) is 0 Å². The molecule has 0 amide bonds. The highest BCUT2D eigenvalue weighted by molar-refractivity contribution is 5.91. The minimum absolute atomic E-state index is 0.245. The summed E-state index contributed by atoms with van der Waals surface area (Å²) in [5.41, 5.74) is 1.72. The van der Waals surface area contributed by atoms with E-state index in [0.717, 1.165) is 11.3 Å². The number of nitrogens with one attached hydrogen (secondary N) is 4. The van der Waals surface area contributed by atoms with Crippen molar-refractivity contribution in [3.8, 4) is 11.4 Å². The molecule has 7 heteroatoms. The van der Waals surface area contributed by atoms with Crippen LogP contribution in [-0.4, -0.2) is 33.6 Å². The van der Waals surface area contributed by atoms with Gasteiger partial charge in [-0.25, -0.2) is 5.10 Å². The number of H-pyrrole nitrogens is 1. The number of nitrogens with zero attached hydrogens (tertiary/aromatic N) is 3. The maximum Gasteiger partial charge on any atom is 0.192 e. The van der Waals surface area contributed by atoms with Gasteiger partial charge in [-0.3, -0.25) is 5.41 Å². The van der Waals surface area contributed by atoms with Gasteiger partial charge in [0.05, 0.1) is 0 Å². The first-order valence-corrected chi connectivity index (χ1v) is 4.67. The van der Waals surface area contributed by atoms with E-state index in [0.29, 0.717) is 5.82 Å². The Bertz CT molecular complexity index is 459. The minimum atomic E-state index is 0.245. The summed E-state index contributed by atoms with van der Waals surface area (Å²) in [5.74, 6) is 0.865. The van der Waals surface area contributed by atoms with E-state index in [2.05, 4.69) is 31.3 Å². The van der Waals surface area contributed by atoms with E-state index in [1.165, 1.54) is 0 Å². The molecule has 2 rings (SSSR count). The Hall–Kier alpha value is -2.44. The number of rotatable bonds is 2. The zero-order valence-corrected chi connectivity index (χ0v) is 8.65. The fourth-order valence-corrected chi connectivity index (χ4v) is 1.20. The molecule has 0 fully saturated rings. The number of aromatic nitrogens is 4. The molecule has 1 aromatic heterocycles. The number of guanidine groups is 1. The van der Waals surface area contributed by atoms with E-state index < -0.39 is 0 Å². The summed E-state index contributed by atoms with van der Waals surface area (Å²) in [6.07, 6.45) is 0. The molecule has 0 aliphatic carbocycles. The Kier molecular flexibility index (Phi) is 2.77. The molecular weight excluding hydrogens is 206 g/mol. The van der Waals surface area contributed by atoms with Crippen LogP contribution < -0.4 is 10.6 Å². The molecule has 4 N–H and O–H groups in total. The van der Waals surface area contributed by atoms with Crippen molar-refractivity contribution in [2.75, 3.05) is 12.4 Å². The number of tetrazole rings is 1. The molecule has 0 saturated carbocycles. The molecular formula is C9H11N7. The lowest BCUT2D eigenvalue weighted by molar-refractivity contribution is 0.881. The van der Waals surface area contributed by atoms with E-state index in [1.807, 2.05) is 24.3 Å². The van der Waals surface area contributed by atoms with E-state index in [4.69, 9.17) is 5.41 Å². The Labute approximate surface area is 91.8 Å². The second-order valence-corrected chi connectivity index (χ2v) is 3.08. The second kappa shape index (κ2) is 4.39. The Morgan fingerprint density at radius 3 is 2.62 bits per heavy atom. The molecule has 7 nitrogen and oxygen atoms in total. The Morgan fingerprint density at radius 1 is 1.31 bits per heavy atom. The molecule has 82 valence electrons. The third-order valence-electron chi connectivity index (χ3n) is 2.02. The van der Waals surface area contributed by atoms with Crippen molar-refractivity contribution in [1.82, 2.24) is 25.9 Å². The van der Waals surface area contributed by atoms with Crippen LogP contribution >= 0.6 is 0 Å². The molecule has 0 aliphatic heterocycles. The first kappa shape index (κ1) is 10.1. The average molecular weight is 217 g/mol. The lowest BCUT2D eigenvalue weighted by atomic mass is 10.2. The molecule has 1 heterocycles. The molecule has 0 aliphatic rings. The predicted octanol–water partition coefficient (Wildman–Crippen LogP) is 0.433. The normalized spacial score (nSPS) is 9.81. The van der Waals surface area contributed by atoms with Crippen LogP contribution in [0.1, 0.15) is 0 Å². The lowest BCUT2D eigenvalue weighted by Crippen LogP contribution is -2.25. The Balaban J connectivity index is 2.14. The fourth-order valence-electron chi connectivity index (χ4n) is 1.20. The van der Waals surface area contributed by atoms with Crippen molar-refractivity contribution in [3.63, 3.8) is 0 Å². The summed E-state index contributed by atoms with van der Waals surface area (Å²) >= 11 is 0. The molecule has 0 bridgehead atoms. The zero-order valence-electron chi connectivity index (χ0n) is 8.65. The SMILES string of the molecule is CNC(=N)Nc1ccc(-c2nnn[nH]2)cc1. The number of hydrogen-bond donors (Lipinski definition) is 4. The van der Waals surface area contributed by atoms with Gasteiger partial charge in [0, 0.05) is 18.3 Å². The maximum atomic E-state index is 7.41. The first-order valence-electron chi connectivity index (χ1n) is 4.67. The topological polar surface area (TPSA) is 102 Å². The number of anilines is 1. The van der Waals surface area contributed by atoms with Crippen LogP contribution in [0.4, 0.5) is 5.69 Å². The summed E-state index contributed by atoms with van der Waals surface area (Å²) in [7, 11) is 1.68. The van der Waals surface area contributed by atoms with Crippen molar-refractivity contribution < 1.29 is 0 Å². The smallest absolute Gasteiger partial charge is 0.192 e. The molecule has 0 spiro atoms. The molecule has 0 atom stereocenters. The van der Waals surface area contributed by atoms with Crippen molar-refractivity contribution in [2.45, 2.75) is 0 Å². The highest BCUT2D eigenvalue weighted by Gasteiger charge is 2.01. The predicted molar refractivity (Wildman–Crippen MR) is 60.0 cm³/mol. The highest BCUT2D eigenvalue weighted by Crippen LogP contribution is 2.16. The van der Waals surface area contributed by atoms with Gasteiger partial charge in [-0.05, 0) is 34.7 Å². The van der Waals surface area contributed by atoms with Gasteiger partial charge in [0.15, 0.2) is 11.8 Å². The van der Waals surface area contributed by atoms with E-state index in [-0.39, 0.29) is 5.96 Å². The summed E-state index contributed by atoms with van der Waals surface area (Å²) in [5, 5.41) is 26.5. The molecule has 16 heavy (non-hydrogen) atoms. The number of hydrogen-bond acceptors (Lipinski definition) is 4. The summed E-state index contributed by atoms with van der Waals surface area (Å²) in [6.45, 7) is 0. The lowest BCUT2D eigenvalue weighted by Gasteiger charge is -2.06. The summed E-state index contributed by atoms with van der Waals surface area (Å²) in [4.78, 5) is 0. The van der Waals surface area contributed by atoms with Gasteiger partial charge in [-0.15, -0.1) is 5.10 Å². The average Bonchev–Trinajstić information content (AvgIpc) is 2.83. The maximum absolute atomic E-state index is 7.41. The van der Waals surface area contributed by atoms with E-state index in [9.17, 15) is 0 Å². The van der Waals surface area contributed by atoms with Gasteiger partial charge in [-0.1, -0.05) is 0 Å². The number of benzene rings is 1. The third kappa shape index (κ3) is 2.14. The first-order chi connectivity index (χ1) is 7.79. The fraction of sp³-hybridized carbons (Fsp3) is 0.111. The van der Waals surface area contributed by atoms with Gasteiger partial charge >= 0.3 is 0 Å². The zero-order chi connectivity index (χ0) is 11.4. The standard InChI is InChI=1S/C9H11N7/c1-11-9(10)12-7-4-2-6(3-5-7)8-13-15-16-14-8/h2-5H,1H3,(H3,10,11,12)(H,13,14,15,16). The van der Waals surface area contributed by atoms with Gasteiger partial charge < -0.3 is 10.6 Å². The Morgan fingerprint density at radius 2 is 2.06 bits per heavy atom. The van der Waals surface area contributed by atoms with Gasteiger partial charge in [0.2, 0.25) is 0 Å². The van der Waals surface area contributed by atoms with E-state index >= 15 is 0 Å². The summed E-state index contributed by atoms with van der Waals surface area (Å²) in [6, 6.07) is 7.44. The highest BCUT2D eigenvalue weighted by atomic mass is 15.5. The van der Waals surface area contributed by atoms with Crippen molar-refractivity contribution in [3.05, 3.63) is 24.3 Å². The van der Waals surface area contributed by atoms with Crippen LogP contribution in [0, 0.1) is 5.41 Å². The van der Waals surface area contributed by atoms with Gasteiger partial charge in [0.1, 0.15) is 0 Å². The van der Waals surface area contributed by atoms with Gasteiger partial charge in [-0.2, -0.15) is 0 Å². The minimum Gasteiger partial charge on any atom is -0.359 e. The van der Waals surface area contributed by atoms with Crippen molar-refractivity contribution in [2.24, 2.45) is 0 Å². The molecule has 1 aromatic carbocycles. The molecule has 0 unspecified atom stereocenters. The van der Waals surface area contributed by atoms with Crippen LogP contribution in [0.25, 0.3) is 11.4 Å². The van der Waals surface area contributed by atoms with Crippen LogP contribution in [0.15, 0.2) is 24.3 Å². The van der Waals surface area contributed by atoms with Crippen molar-refractivity contribution in [1.29, 1.82) is 5.41 Å². The summed E-state index contributed by atoms with van der Waals surface area (Å²) < 4.78 is 0. The van der Waals surface area contributed by atoms with Crippen LogP contribution in [0.2, 0.25) is 0 Å². The number of aromatic amines is 1. The molecule has 0 radical (unpaired) electrons. The van der Waals surface area contributed by atoms with Crippen LogP contribution in [-0.2, 0) is 0 Å². The molecule has 2 aromatic rings. The third-order valence-corrected chi connectivity index (χ3v) is 2.02. The largest absolute Gasteiger partial charge is 0.359 e. The van der Waals surface area contributed by atoms with Crippen LogP contribution in [0.3, 0.4) is 0 Å². The monoisotopic (exact) mass is 217 g/mol. The van der Waals surface area contributed by atoms with E-state index in [1.54, 1.807) is 7.05 Å². The second-order valence-electron chi connectivity index (χ2n) is 3.08.